The summed E-state index contributed by atoms with van der Waals surface area (Å²) in [7, 11) is 0. The lowest BCUT2D eigenvalue weighted by atomic mass is 10.1. The van der Waals surface area contributed by atoms with Crippen molar-refractivity contribution in [3.8, 4) is 0 Å². The fraction of sp³-hybridized carbons (Fsp3) is 0.750. The third-order valence-corrected chi connectivity index (χ3v) is 5.43. The van der Waals surface area contributed by atoms with Crippen LogP contribution in [0.25, 0.3) is 0 Å². The number of carboxylic acids is 1. The van der Waals surface area contributed by atoms with E-state index < -0.39 is 54.5 Å². The molecule has 0 spiro atoms. The van der Waals surface area contributed by atoms with E-state index in [9.17, 15) is 29.4 Å². The summed E-state index contributed by atoms with van der Waals surface area (Å²) in [5.74, 6) is -2.33. The Hall–Kier alpha value is -1.50. The van der Waals surface area contributed by atoms with Crippen LogP contribution < -0.4 is 16.4 Å². The van der Waals surface area contributed by atoms with Crippen LogP contribution in [0.4, 0.5) is 0 Å². The first-order chi connectivity index (χ1) is 13.3. The number of carbonyl (C=O) groups is 4. The van der Waals surface area contributed by atoms with Gasteiger partial charge in [-0.05, 0) is 31.3 Å². The van der Waals surface area contributed by atoms with Crippen LogP contribution in [0, 0.1) is 0 Å². The molecule has 12 heteroatoms. The van der Waals surface area contributed by atoms with Gasteiger partial charge in [0.2, 0.25) is 17.7 Å². The van der Waals surface area contributed by atoms with Crippen LogP contribution in [0.3, 0.4) is 0 Å². The molecule has 1 rings (SSSR count). The van der Waals surface area contributed by atoms with Crippen molar-refractivity contribution in [2.45, 2.75) is 43.4 Å². The second kappa shape index (κ2) is 12.1. The maximum Gasteiger partial charge on any atom is 0.326 e. The zero-order chi connectivity index (χ0) is 21.3. The van der Waals surface area contributed by atoms with Gasteiger partial charge < -0.3 is 31.5 Å². The van der Waals surface area contributed by atoms with Gasteiger partial charge in [0.1, 0.15) is 18.1 Å². The molecule has 28 heavy (non-hydrogen) atoms. The number of hydrogen-bond donors (Lipinski definition) is 6. The van der Waals surface area contributed by atoms with E-state index in [1.807, 2.05) is 6.26 Å². The number of thiol groups is 1. The number of likely N-dealkylation sites (tertiary alicyclic amines) is 1. The lowest BCUT2D eigenvalue weighted by Crippen LogP contribution is -2.57. The molecule has 4 atom stereocenters. The summed E-state index contributed by atoms with van der Waals surface area (Å²) in [4.78, 5) is 49.7. The van der Waals surface area contributed by atoms with Crippen LogP contribution in [0.5, 0.6) is 0 Å². The van der Waals surface area contributed by atoms with Gasteiger partial charge in [0.15, 0.2) is 0 Å². The molecule has 0 bridgehead atoms. The highest BCUT2D eigenvalue weighted by Crippen LogP contribution is 2.18. The molecule has 0 aromatic heterocycles. The molecular weight excluding hydrogens is 408 g/mol. The van der Waals surface area contributed by atoms with Crippen LogP contribution in [0.2, 0.25) is 0 Å². The summed E-state index contributed by atoms with van der Waals surface area (Å²) in [5, 5.41) is 23.4. The van der Waals surface area contributed by atoms with Gasteiger partial charge in [-0.1, -0.05) is 0 Å². The van der Waals surface area contributed by atoms with E-state index in [4.69, 9.17) is 5.73 Å². The number of thioether (sulfide) groups is 1. The van der Waals surface area contributed by atoms with Gasteiger partial charge in [-0.2, -0.15) is 24.4 Å². The molecule has 160 valence electrons. The molecule has 0 aliphatic carbocycles. The Balaban J connectivity index is 2.74. The van der Waals surface area contributed by atoms with Crippen molar-refractivity contribution in [2.24, 2.45) is 5.73 Å². The Kier molecular flexibility index (Phi) is 10.6. The van der Waals surface area contributed by atoms with Crippen molar-refractivity contribution in [1.29, 1.82) is 0 Å². The van der Waals surface area contributed by atoms with E-state index in [1.165, 1.54) is 16.7 Å². The van der Waals surface area contributed by atoms with Crippen molar-refractivity contribution < 1.29 is 29.4 Å². The molecule has 1 heterocycles. The van der Waals surface area contributed by atoms with Gasteiger partial charge in [-0.25, -0.2) is 4.79 Å². The predicted octanol–water partition coefficient (Wildman–Crippen LogP) is -1.97. The molecule has 1 fully saturated rings. The lowest BCUT2D eigenvalue weighted by molar-refractivity contribution is -0.143. The standard InChI is InChI=1S/C16H28N4O6S2/c1-28-6-4-10(16(25)26)18-13(22)11(7-21)19-14(23)12-3-2-5-20(12)15(24)9(17)8-27/h9-12,21,27H,2-8,17H2,1H3,(H,18,22)(H,19,23)(H,25,26). The highest BCUT2D eigenvalue weighted by molar-refractivity contribution is 7.98. The summed E-state index contributed by atoms with van der Waals surface area (Å²) in [6, 6.07) is -4.07. The molecule has 0 radical (unpaired) electrons. The van der Waals surface area contributed by atoms with E-state index in [1.54, 1.807) is 0 Å². The number of amides is 3. The van der Waals surface area contributed by atoms with Gasteiger partial charge in [0, 0.05) is 12.3 Å². The molecule has 3 amide bonds. The fourth-order valence-corrected chi connectivity index (χ4v) is 3.45. The predicted molar refractivity (Wildman–Crippen MR) is 108 cm³/mol. The summed E-state index contributed by atoms with van der Waals surface area (Å²) < 4.78 is 0. The molecule has 4 unspecified atom stereocenters. The molecule has 0 saturated carbocycles. The first-order valence-electron chi connectivity index (χ1n) is 8.87. The minimum Gasteiger partial charge on any atom is -0.480 e. The lowest BCUT2D eigenvalue weighted by Gasteiger charge is -2.27. The summed E-state index contributed by atoms with van der Waals surface area (Å²) in [5.41, 5.74) is 5.70. The van der Waals surface area contributed by atoms with Crippen molar-refractivity contribution >= 4 is 48.1 Å². The minimum absolute atomic E-state index is 0.137. The van der Waals surface area contributed by atoms with Gasteiger partial charge in [-0.3, -0.25) is 14.4 Å². The fourth-order valence-electron chi connectivity index (χ4n) is 2.82. The third kappa shape index (κ3) is 6.83. The molecule has 10 nitrogen and oxygen atoms in total. The Labute approximate surface area is 173 Å². The Bertz CT molecular complexity index is 579. The Morgan fingerprint density at radius 2 is 1.96 bits per heavy atom. The number of aliphatic carboxylic acids is 1. The van der Waals surface area contributed by atoms with Crippen molar-refractivity contribution in [3.63, 3.8) is 0 Å². The summed E-state index contributed by atoms with van der Waals surface area (Å²) in [6.45, 7) is -0.340. The van der Waals surface area contributed by atoms with Gasteiger partial charge in [0.25, 0.3) is 0 Å². The first kappa shape index (κ1) is 24.5. The normalized spacial score (nSPS) is 19.6. The smallest absolute Gasteiger partial charge is 0.326 e. The van der Waals surface area contributed by atoms with E-state index in [-0.39, 0.29) is 12.2 Å². The number of carboxylic acid groups (broad SMARTS) is 1. The largest absolute Gasteiger partial charge is 0.480 e. The summed E-state index contributed by atoms with van der Waals surface area (Å²) >= 11 is 5.43. The first-order valence-corrected chi connectivity index (χ1v) is 10.9. The molecule has 0 aromatic rings. The molecule has 1 aliphatic rings. The number of nitrogens with zero attached hydrogens (tertiary/aromatic N) is 1. The molecule has 0 aromatic carbocycles. The monoisotopic (exact) mass is 436 g/mol. The zero-order valence-electron chi connectivity index (χ0n) is 15.7. The number of nitrogens with two attached hydrogens (primary N) is 1. The van der Waals surface area contributed by atoms with E-state index >= 15 is 0 Å². The Morgan fingerprint density at radius 3 is 2.50 bits per heavy atom. The highest BCUT2D eigenvalue weighted by Gasteiger charge is 2.37. The summed E-state index contributed by atoms with van der Waals surface area (Å²) in [6.07, 6.45) is 3.03. The average molecular weight is 437 g/mol. The number of hydrogen-bond acceptors (Lipinski definition) is 8. The zero-order valence-corrected chi connectivity index (χ0v) is 17.4. The molecule has 6 N–H and O–H groups in total. The van der Waals surface area contributed by atoms with Gasteiger partial charge >= 0.3 is 5.97 Å². The number of rotatable bonds is 11. The molecular formula is C16H28N4O6S2. The SMILES string of the molecule is CSCCC(NC(=O)C(CO)NC(=O)C1CCCN1C(=O)C(N)CS)C(=O)O. The van der Waals surface area contributed by atoms with Crippen molar-refractivity contribution in [3.05, 3.63) is 0 Å². The van der Waals surface area contributed by atoms with Gasteiger partial charge in [-0.15, -0.1) is 0 Å². The Morgan fingerprint density at radius 1 is 1.29 bits per heavy atom. The van der Waals surface area contributed by atoms with Crippen LogP contribution in [0.15, 0.2) is 0 Å². The number of nitrogens with one attached hydrogen (secondary N) is 2. The average Bonchev–Trinajstić information content (AvgIpc) is 3.17. The van der Waals surface area contributed by atoms with Crippen LogP contribution >= 0.6 is 24.4 Å². The van der Waals surface area contributed by atoms with E-state index in [2.05, 4.69) is 23.3 Å². The van der Waals surface area contributed by atoms with Crippen molar-refractivity contribution in [1.82, 2.24) is 15.5 Å². The van der Waals surface area contributed by atoms with Crippen molar-refractivity contribution in [2.75, 3.05) is 30.9 Å². The van der Waals surface area contributed by atoms with Crippen LogP contribution in [-0.4, -0.2) is 93.9 Å². The number of aliphatic hydroxyl groups is 1. The third-order valence-electron chi connectivity index (χ3n) is 4.39. The van der Waals surface area contributed by atoms with E-state index in [0.29, 0.717) is 25.1 Å². The number of carbonyl (C=O) groups excluding carboxylic acids is 3. The maximum atomic E-state index is 12.6. The molecule has 1 aliphatic heterocycles. The molecule has 1 saturated heterocycles. The second-order valence-corrected chi connectivity index (χ2v) is 7.75. The quantitative estimate of drug-likeness (QED) is 0.203. The van der Waals surface area contributed by atoms with E-state index in [0.717, 1.165) is 0 Å². The van der Waals surface area contributed by atoms with Crippen LogP contribution in [0.1, 0.15) is 19.3 Å². The maximum absolute atomic E-state index is 12.6. The minimum atomic E-state index is -1.32. The number of aliphatic hydroxyl groups excluding tert-OH is 1. The second-order valence-electron chi connectivity index (χ2n) is 6.40. The topological polar surface area (TPSA) is 162 Å². The van der Waals surface area contributed by atoms with Crippen LogP contribution in [-0.2, 0) is 19.2 Å². The van der Waals surface area contributed by atoms with Gasteiger partial charge in [0.05, 0.1) is 12.6 Å². The highest BCUT2D eigenvalue weighted by atomic mass is 32.2.